The zero-order chi connectivity index (χ0) is 33.0. The Bertz CT molecular complexity index is 2810. The number of para-hydroxylation sites is 3. The van der Waals surface area contributed by atoms with Gasteiger partial charge < -0.3 is 8.83 Å². The third kappa shape index (κ3) is 4.75. The summed E-state index contributed by atoms with van der Waals surface area (Å²) >= 11 is 0. The maximum Gasteiger partial charge on any atom is 0.167 e. The van der Waals surface area contributed by atoms with Gasteiger partial charge in [-0.15, -0.1) is 0 Å². The number of nitrogens with zero attached hydrogens (tertiary/aromatic N) is 3. The molecule has 0 fully saturated rings. The number of rotatable bonds is 5. The maximum absolute atomic E-state index is 6.46. The molecule has 0 bridgehead atoms. The Morgan fingerprint density at radius 1 is 0.300 bits per heavy atom. The third-order valence-electron chi connectivity index (χ3n) is 9.32. The van der Waals surface area contributed by atoms with Crippen LogP contribution in [0.25, 0.3) is 100 Å². The molecule has 3 aromatic heterocycles. The zero-order valence-corrected chi connectivity index (χ0v) is 26.7. The highest BCUT2D eigenvalue weighted by atomic mass is 16.3. The molecule has 0 unspecified atom stereocenters. The van der Waals surface area contributed by atoms with Gasteiger partial charge in [-0.3, -0.25) is 0 Å². The highest BCUT2D eigenvalue weighted by Crippen LogP contribution is 2.38. The fourth-order valence-electron chi connectivity index (χ4n) is 6.89. The van der Waals surface area contributed by atoms with Gasteiger partial charge in [0.1, 0.15) is 22.3 Å². The third-order valence-corrected chi connectivity index (χ3v) is 9.32. The van der Waals surface area contributed by atoms with Crippen LogP contribution >= 0.6 is 0 Å². The van der Waals surface area contributed by atoms with Gasteiger partial charge in [0.15, 0.2) is 17.5 Å². The number of benzene rings is 7. The van der Waals surface area contributed by atoms with E-state index in [4.69, 9.17) is 23.8 Å². The summed E-state index contributed by atoms with van der Waals surface area (Å²) in [6.07, 6.45) is 0. The van der Waals surface area contributed by atoms with Gasteiger partial charge in [0, 0.05) is 32.7 Å². The van der Waals surface area contributed by atoms with Gasteiger partial charge >= 0.3 is 0 Å². The molecule has 0 atom stereocenters. The smallest absolute Gasteiger partial charge is 0.167 e. The molecule has 5 nitrogen and oxygen atoms in total. The van der Waals surface area contributed by atoms with Gasteiger partial charge in [-0.25, -0.2) is 15.0 Å². The van der Waals surface area contributed by atoms with E-state index in [2.05, 4.69) is 97.1 Å². The molecular formula is C45H27N3O2. The Morgan fingerprint density at radius 2 is 0.820 bits per heavy atom. The van der Waals surface area contributed by atoms with Crippen LogP contribution < -0.4 is 0 Å². The van der Waals surface area contributed by atoms with E-state index in [0.29, 0.717) is 17.5 Å². The van der Waals surface area contributed by atoms with Crippen molar-refractivity contribution in [3.05, 3.63) is 164 Å². The number of furan rings is 2. The van der Waals surface area contributed by atoms with Gasteiger partial charge in [-0.05, 0) is 70.8 Å². The van der Waals surface area contributed by atoms with E-state index in [1.54, 1.807) is 0 Å². The lowest BCUT2D eigenvalue weighted by Gasteiger charge is -2.12. The molecule has 50 heavy (non-hydrogen) atoms. The molecule has 0 amide bonds. The summed E-state index contributed by atoms with van der Waals surface area (Å²) in [6, 6.07) is 55.9. The molecule has 0 aliphatic carbocycles. The molecule has 3 heterocycles. The highest BCUT2D eigenvalue weighted by molar-refractivity contribution is 6.09. The molecule has 234 valence electrons. The molecule has 0 saturated carbocycles. The van der Waals surface area contributed by atoms with Crippen molar-refractivity contribution in [1.29, 1.82) is 0 Å². The van der Waals surface area contributed by atoms with Crippen LogP contribution in [0.5, 0.6) is 0 Å². The van der Waals surface area contributed by atoms with Gasteiger partial charge in [0.05, 0.1) is 5.56 Å². The quantitative estimate of drug-likeness (QED) is 0.187. The van der Waals surface area contributed by atoms with Crippen molar-refractivity contribution in [2.45, 2.75) is 0 Å². The van der Waals surface area contributed by atoms with Crippen molar-refractivity contribution in [3.63, 3.8) is 0 Å². The van der Waals surface area contributed by atoms with Crippen LogP contribution in [0.15, 0.2) is 173 Å². The molecule has 10 aromatic rings. The fourth-order valence-corrected chi connectivity index (χ4v) is 6.89. The average molecular weight is 642 g/mol. The van der Waals surface area contributed by atoms with Crippen molar-refractivity contribution in [2.24, 2.45) is 0 Å². The van der Waals surface area contributed by atoms with Gasteiger partial charge in [0.2, 0.25) is 0 Å². The molecule has 7 aromatic carbocycles. The lowest BCUT2D eigenvalue weighted by Crippen LogP contribution is -2.01. The van der Waals surface area contributed by atoms with Crippen molar-refractivity contribution >= 4 is 43.9 Å². The second-order valence-corrected chi connectivity index (χ2v) is 12.4. The van der Waals surface area contributed by atoms with Crippen LogP contribution in [0.4, 0.5) is 0 Å². The Kier molecular flexibility index (Phi) is 6.42. The van der Waals surface area contributed by atoms with Crippen LogP contribution in [0.2, 0.25) is 0 Å². The predicted molar refractivity (Wildman–Crippen MR) is 202 cm³/mol. The zero-order valence-electron chi connectivity index (χ0n) is 26.7. The van der Waals surface area contributed by atoms with Crippen molar-refractivity contribution in [3.8, 4) is 56.4 Å². The lowest BCUT2D eigenvalue weighted by molar-refractivity contribution is 0.668. The Labute approximate surface area is 287 Å². The second kappa shape index (κ2) is 11.4. The fraction of sp³-hybridized carbons (Fsp3) is 0. The first-order valence-electron chi connectivity index (χ1n) is 16.6. The largest absolute Gasteiger partial charge is 0.456 e. The van der Waals surface area contributed by atoms with E-state index >= 15 is 0 Å². The second-order valence-electron chi connectivity index (χ2n) is 12.4. The van der Waals surface area contributed by atoms with Crippen LogP contribution in [0.3, 0.4) is 0 Å². The van der Waals surface area contributed by atoms with Gasteiger partial charge in [0.25, 0.3) is 0 Å². The van der Waals surface area contributed by atoms with E-state index in [1.165, 1.54) is 0 Å². The molecule has 0 aliphatic rings. The van der Waals surface area contributed by atoms with E-state index < -0.39 is 0 Å². The topological polar surface area (TPSA) is 65.0 Å². The van der Waals surface area contributed by atoms with Gasteiger partial charge in [-0.2, -0.15) is 0 Å². The van der Waals surface area contributed by atoms with E-state index in [-0.39, 0.29) is 0 Å². The minimum absolute atomic E-state index is 0.533. The summed E-state index contributed by atoms with van der Waals surface area (Å²) < 4.78 is 12.7. The molecule has 0 radical (unpaired) electrons. The Balaban J connectivity index is 1.23. The van der Waals surface area contributed by atoms with Crippen LogP contribution in [-0.4, -0.2) is 15.0 Å². The normalized spacial score (nSPS) is 11.6. The molecule has 0 spiro atoms. The SMILES string of the molecule is c1ccc(-c2cc(-c3ccccc3)cc(-c3nc(-c4ccc5c(c4)oc4ccccc45)nc(-c4cccc5c4oc4ccccc45)n3)c2)cc1. The minimum Gasteiger partial charge on any atom is -0.456 e. The van der Waals surface area contributed by atoms with Crippen LogP contribution in [0, 0.1) is 0 Å². The standard InChI is InChI=1S/C45H27N3O2/c1-3-12-28(13-4-1)31-24-32(29-14-5-2-6-15-29)26-33(25-31)44-46-43(30-22-23-36-34-16-7-9-20-39(34)49-41(36)27-30)47-45(48-44)38-19-11-18-37-35-17-8-10-21-40(35)50-42(37)38/h1-27H. The summed E-state index contributed by atoms with van der Waals surface area (Å²) in [5.41, 5.74) is 10.1. The average Bonchev–Trinajstić information content (AvgIpc) is 3.76. The predicted octanol–water partition coefficient (Wildman–Crippen LogP) is 12.0. The molecule has 0 N–H and O–H groups in total. The van der Waals surface area contributed by atoms with Gasteiger partial charge in [-0.1, -0.05) is 115 Å². The van der Waals surface area contributed by atoms with E-state index in [9.17, 15) is 0 Å². The summed E-state index contributed by atoms with van der Waals surface area (Å²) in [4.78, 5) is 15.5. The number of hydrogen-bond acceptors (Lipinski definition) is 5. The highest BCUT2D eigenvalue weighted by Gasteiger charge is 2.19. The first kappa shape index (κ1) is 28.2. The first-order valence-corrected chi connectivity index (χ1v) is 16.6. The summed E-state index contributed by atoms with van der Waals surface area (Å²) in [6.45, 7) is 0. The maximum atomic E-state index is 6.46. The van der Waals surface area contributed by atoms with Crippen molar-refractivity contribution in [2.75, 3.05) is 0 Å². The van der Waals surface area contributed by atoms with Crippen LogP contribution in [-0.2, 0) is 0 Å². The molecular weight excluding hydrogens is 615 g/mol. The summed E-state index contributed by atoms with van der Waals surface area (Å²) in [7, 11) is 0. The van der Waals surface area contributed by atoms with E-state index in [0.717, 1.165) is 82.8 Å². The molecule has 0 aliphatic heterocycles. The monoisotopic (exact) mass is 641 g/mol. The Morgan fingerprint density at radius 3 is 1.52 bits per heavy atom. The number of hydrogen-bond donors (Lipinski definition) is 0. The molecule has 5 heteroatoms. The molecule has 10 rings (SSSR count). The summed E-state index contributed by atoms with van der Waals surface area (Å²) in [5, 5.41) is 4.20. The first-order chi connectivity index (χ1) is 24.7. The van der Waals surface area contributed by atoms with E-state index in [1.807, 2.05) is 66.7 Å². The van der Waals surface area contributed by atoms with Crippen molar-refractivity contribution < 1.29 is 8.83 Å². The Hall–Kier alpha value is -6.85. The number of aromatic nitrogens is 3. The summed E-state index contributed by atoms with van der Waals surface area (Å²) in [5.74, 6) is 1.65. The van der Waals surface area contributed by atoms with Crippen LogP contribution in [0.1, 0.15) is 0 Å². The lowest BCUT2D eigenvalue weighted by atomic mass is 9.96. The number of fused-ring (bicyclic) bond motifs is 6. The molecule has 0 saturated heterocycles. The van der Waals surface area contributed by atoms with Crippen molar-refractivity contribution in [1.82, 2.24) is 15.0 Å². The minimum atomic E-state index is 0.533.